The Labute approximate surface area is 129 Å². The van der Waals surface area contributed by atoms with E-state index in [1.807, 2.05) is 37.4 Å². The van der Waals surface area contributed by atoms with E-state index in [-0.39, 0.29) is 0 Å². The first kappa shape index (κ1) is 13.0. The van der Waals surface area contributed by atoms with E-state index in [1.54, 1.807) is 0 Å². The third kappa shape index (κ3) is 2.15. The van der Waals surface area contributed by atoms with Crippen LogP contribution in [0.1, 0.15) is 41.3 Å². The van der Waals surface area contributed by atoms with E-state index < -0.39 is 0 Å². The van der Waals surface area contributed by atoms with Crippen molar-refractivity contribution in [3.8, 4) is 6.07 Å². The Kier molecular flexibility index (Phi) is 2.93. The number of aryl methyl sites for hydroxylation is 1. The number of fused-ring (bicyclic) bond motifs is 1. The highest BCUT2D eigenvalue weighted by atomic mass is 15.1. The van der Waals surface area contributed by atoms with Crippen LogP contribution in [-0.2, 0) is 6.54 Å². The molecule has 22 heavy (non-hydrogen) atoms. The van der Waals surface area contributed by atoms with Gasteiger partial charge in [0, 0.05) is 12.1 Å². The first-order valence-electron chi connectivity index (χ1n) is 7.57. The minimum Gasteiger partial charge on any atom is -0.308 e. The van der Waals surface area contributed by atoms with Gasteiger partial charge in [-0.3, -0.25) is 0 Å². The molecule has 0 radical (unpaired) electrons. The second-order valence-electron chi connectivity index (χ2n) is 5.95. The van der Waals surface area contributed by atoms with Gasteiger partial charge in [0.15, 0.2) is 5.65 Å². The van der Waals surface area contributed by atoms with Gasteiger partial charge in [0.05, 0.1) is 18.2 Å². The van der Waals surface area contributed by atoms with Crippen LogP contribution in [0.4, 0.5) is 0 Å². The summed E-state index contributed by atoms with van der Waals surface area (Å²) in [6.07, 6.45) is 4.28. The van der Waals surface area contributed by atoms with Crippen molar-refractivity contribution < 1.29 is 0 Å². The highest BCUT2D eigenvalue weighted by molar-refractivity contribution is 5.72. The van der Waals surface area contributed by atoms with Crippen LogP contribution in [-0.4, -0.2) is 14.5 Å². The summed E-state index contributed by atoms with van der Waals surface area (Å²) in [6.45, 7) is 2.69. The number of imidazole rings is 1. The van der Waals surface area contributed by atoms with Crippen molar-refractivity contribution >= 4 is 11.2 Å². The molecule has 0 bridgehead atoms. The average Bonchev–Trinajstić information content (AvgIpc) is 3.31. The second kappa shape index (κ2) is 4.96. The minimum absolute atomic E-state index is 0.545. The van der Waals surface area contributed by atoms with E-state index >= 15 is 0 Å². The van der Waals surface area contributed by atoms with Crippen molar-refractivity contribution in [2.75, 3.05) is 0 Å². The van der Waals surface area contributed by atoms with Crippen LogP contribution >= 0.6 is 0 Å². The van der Waals surface area contributed by atoms with E-state index in [9.17, 15) is 5.26 Å². The predicted molar refractivity (Wildman–Crippen MR) is 84.5 cm³/mol. The lowest BCUT2D eigenvalue weighted by molar-refractivity contribution is 0.739. The number of nitrogens with zero attached hydrogens (tertiary/aromatic N) is 4. The van der Waals surface area contributed by atoms with Crippen molar-refractivity contribution in [1.82, 2.24) is 14.5 Å². The summed E-state index contributed by atoms with van der Waals surface area (Å²) >= 11 is 0. The Bertz CT molecular complexity index is 897. The molecule has 1 saturated carbocycles. The maximum absolute atomic E-state index is 9.30. The van der Waals surface area contributed by atoms with Gasteiger partial charge in [-0.1, -0.05) is 18.2 Å². The van der Waals surface area contributed by atoms with E-state index in [0.717, 1.165) is 33.7 Å². The van der Waals surface area contributed by atoms with Gasteiger partial charge in [-0.25, -0.2) is 9.97 Å². The Hall–Kier alpha value is -2.67. The SMILES string of the molecule is Cc1cnc2c(c1)nc(C1CC1)n2Cc1ccccc1C#N. The molecule has 2 aromatic heterocycles. The first-order valence-corrected chi connectivity index (χ1v) is 7.57. The van der Waals surface area contributed by atoms with Gasteiger partial charge >= 0.3 is 0 Å². The number of nitriles is 1. The zero-order valence-corrected chi connectivity index (χ0v) is 12.5. The summed E-state index contributed by atoms with van der Waals surface area (Å²) in [7, 11) is 0. The third-order valence-electron chi connectivity index (χ3n) is 4.16. The van der Waals surface area contributed by atoms with Gasteiger partial charge in [0.25, 0.3) is 0 Å². The molecule has 0 amide bonds. The van der Waals surface area contributed by atoms with Gasteiger partial charge in [-0.05, 0) is 43.0 Å². The lowest BCUT2D eigenvalue weighted by atomic mass is 10.1. The van der Waals surface area contributed by atoms with Crippen molar-refractivity contribution in [1.29, 1.82) is 5.26 Å². The topological polar surface area (TPSA) is 54.5 Å². The smallest absolute Gasteiger partial charge is 0.160 e. The van der Waals surface area contributed by atoms with Crippen LogP contribution in [0.3, 0.4) is 0 Å². The van der Waals surface area contributed by atoms with Gasteiger partial charge in [-0.15, -0.1) is 0 Å². The highest BCUT2D eigenvalue weighted by Gasteiger charge is 2.30. The van der Waals surface area contributed by atoms with E-state index in [4.69, 9.17) is 4.98 Å². The Balaban J connectivity index is 1.86. The van der Waals surface area contributed by atoms with Crippen molar-refractivity contribution in [2.45, 2.75) is 32.2 Å². The summed E-state index contributed by atoms with van der Waals surface area (Å²) < 4.78 is 2.18. The lowest BCUT2D eigenvalue weighted by Crippen LogP contribution is -2.06. The molecule has 1 aliphatic carbocycles. The van der Waals surface area contributed by atoms with Gasteiger partial charge in [0.1, 0.15) is 11.3 Å². The fourth-order valence-corrected chi connectivity index (χ4v) is 2.88. The maximum Gasteiger partial charge on any atom is 0.160 e. The summed E-state index contributed by atoms with van der Waals surface area (Å²) in [6, 6.07) is 12.1. The van der Waals surface area contributed by atoms with Crippen molar-refractivity contribution in [3.63, 3.8) is 0 Å². The van der Waals surface area contributed by atoms with Crippen LogP contribution < -0.4 is 0 Å². The molecule has 0 aliphatic heterocycles. The third-order valence-corrected chi connectivity index (χ3v) is 4.16. The molecule has 2 heterocycles. The summed E-state index contributed by atoms with van der Waals surface area (Å²) in [5.74, 6) is 1.66. The van der Waals surface area contributed by atoms with E-state index in [1.165, 1.54) is 12.8 Å². The van der Waals surface area contributed by atoms with Crippen LogP contribution in [0.2, 0.25) is 0 Å². The monoisotopic (exact) mass is 288 g/mol. The lowest BCUT2D eigenvalue weighted by Gasteiger charge is -2.09. The van der Waals surface area contributed by atoms with E-state index in [0.29, 0.717) is 12.5 Å². The largest absolute Gasteiger partial charge is 0.308 e. The Morgan fingerprint density at radius 2 is 2.14 bits per heavy atom. The molecule has 0 atom stereocenters. The van der Waals surface area contributed by atoms with Gasteiger partial charge < -0.3 is 4.57 Å². The molecule has 0 saturated heterocycles. The van der Waals surface area contributed by atoms with Crippen LogP contribution in [0, 0.1) is 18.3 Å². The number of aromatic nitrogens is 3. The number of hydrogen-bond acceptors (Lipinski definition) is 3. The van der Waals surface area contributed by atoms with Crippen LogP contribution in [0.15, 0.2) is 36.5 Å². The molecular weight excluding hydrogens is 272 g/mol. The maximum atomic E-state index is 9.30. The molecule has 1 aliphatic rings. The van der Waals surface area contributed by atoms with Gasteiger partial charge in [-0.2, -0.15) is 5.26 Å². The molecule has 0 unspecified atom stereocenters. The normalized spacial score (nSPS) is 14.2. The fourth-order valence-electron chi connectivity index (χ4n) is 2.88. The average molecular weight is 288 g/mol. The molecule has 3 aromatic rings. The van der Waals surface area contributed by atoms with Crippen molar-refractivity contribution in [3.05, 3.63) is 59.0 Å². The highest BCUT2D eigenvalue weighted by Crippen LogP contribution is 2.40. The number of pyridine rings is 1. The Morgan fingerprint density at radius 3 is 2.91 bits per heavy atom. The molecule has 4 heteroatoms. The summed E-state index contributed by atoms with van der Waals surface area (Å²) in [5, 5.41) is 9.30. The quantitative estimate of drug-likeness (QED) is 0.740. The zero-order valence-electron chi connectivity index (χ0n) is 12.5. The molecule has 4 rings (SSSR count). The molecular formula is C18H16N4. The molecule has 4 nitrogen and oxygen atoms in total. The second-order valence-corrected chi connectivity index (χ2v) is 5.95. The molecule has 108 valence electrons. The Morgan fingerprint density at radius 1 is 1.32 bits per heavy atom. The van der Waals surface area contributed by atoms with Crippen LogP contribution in [0.5, 0.6) is 0 Å². The summed E-state index contributed by atoms with van der Waals surface area (Å²) in [5.41, 5.74) is 4.74. The number of benzene rings is 1. The zero-order chi connectivity index (χ0) is 15.1. The first-order chi connectivity index (χ1) is 10.8. The number of hydrogen-bond donors (Lipinski definition) is 0. The molecule has 0 spiro atoms. The standard InChI is InChI=1S/C18H16N4/c1-12-8-16-18(20-10-12)22(17(21-16)13-6-7-13)11-15-5-3-2-4-14(15)9-19/h2-5,8,10,13H,6-7,11H2,1H3. The fraction of sp³-hybridized carbons (Fsp3) is 0.278. The van der Waals surface area contributed by atoms with E-state index in [2.05, 4.69) is 21.7 Å². The molecule has 0 N–H and O–H groups in total. The van der Waals surface area contributed by atoms with Crippen molar-refractivity contribution in [2.24, 2.45) is 0 Å². The number of rotatable bonds is 3. The van der Waals surface area contributed by atoms with Crippen LogP contribution in [0.25, 0.3) is 11.2 Å². The molecule has 1 fully saturated rings. The van der Waals surface area contributed by atoms with Gasteiger partial charge in [0.2, 0.25) is 0 Å². The summed E-state index contributed by atoms with van der Waals surface area (Å²) in [4.78, 5) is 9.39. The predicted octanol–water partition coefficient (Wildman–Crippen LogP) is 3.54. The molecule has 1 aromatic carbocycles. The minimum atomic E-state index is 0.545.